The average molecular weight is 381 g/mol. The Morgan fingerprint density at radius 1 is 1.00 bits per heavy atom. The summed E-state index contributed by atoms with van der Waals surface area (Å²) >= 11 is 0. The molecule has 0 fully saturated rings. The maximum atomic E-state index is 4.10. The first-order valence-electron chi connectivity index (χ1n) is 9.81. The smallest absolute Gasteiger partial charge is 0.0540 e. The highest BCUT2D eigenvalue weighted by Crippen LogP contribution is 2.33. The zero-order valence-electron chi connectivity index (χ0n) is 17.5. The number of H-pyrrole nitrogens is 2. The molecule has 0 radical (unpaired) electrons. The normalized spacial score (nSPS) is 13.9. The molecule has 3 aromatic rings. The summed E-state index contributed by atoms with van der Waals surface area (Å²) < 4.78 is 0. The van der Waals surface area contributed by atoms with Crippen molar-refractivity contribution in [3.05, 3.63) is 101 Å². The quantitative estimate of drug-likeness (QED) is 0.500. The van der Waals surface area contributed by atoms with Gasteiger partial charge in [-0.2, -0.15) is 0 Å². The predicted molar refractivity (Wildman–Crippen MR) is 130 cm³/mol. The van der Waals surface area contributed by atoms with Crippen LogP contribution in [0.15, 0.2) is 67.8 Å². The zero-order valence-corrected chi connectivity index (χ0v) is 17.5. The van der Waals surface area contributed by atoms with Crippen molar-refractivity contribution in [2.24, 2.45) is 0 Å². The fraction of sp³-hybridized carbons (Fsp3) is 0.111. The second-order valence-corrected chi connectivity index (χ2v) is 6.85. The van der Waals surface area contributed by atoms with E-state index in [9.17, 15) is 0 Å². The average Bonchev–Trinajstić information content (AvgIpc) is 3.25. The number of hydrogen-bond donors (Lipinski definition) is 2. The fourth-order valence-electron chi connectivity index (χ4n) is 3.84. The highest BCUT2D eigenvalue weighted by molar-refractivity contribution is 5.99. The first-order valence-corrected chi connectivity index (χ1v) is 9.81. The molecule has 2 N–H and O–H groups in total. The minimum absolute atomic E-state index is 1.05. The number of rotatable bonds is 6. The van der Waals surface area contributed by atoms with Crippen molar-refractivity contribution in [3.8, 4) is 0 Å². The van der Waals surface area contributed by atoms with Crippen molar-refractivity contribution in [1.82, 2.24) is 9.97 Å². The van der Waals surface area contributed by atoms with E-state index in [0.29, 0.717) is 0 Å². The summed E-state index contributed by atoms with van der Waals surface area (Å²) in [6.45, 7) is 18.2. The standard InChI is InChI=1S/C27H28N2/c1-7-14-22-24(18(6)28-25(22)11-5)17-19(8-2)20(9-3)27-21(10-4)23-15-12-13-16-26(23)29-27/h7-17,28-29H,1-2,4H2,3,5-6H3/b19-17+,20-9-,22-14-,25-11+. The lowest BCUT2D eigenvalue weighted by atomic mass is 9.96. The van der Waals surface area contributed by atoms with Gasteiger partial charge < -0.3 is 9.97 Å². The van der Waals surface area contributed by atoms with Gasteiger partial charge in [0.2, 0.25) is 0 Å². The van der Waals surface area contributed by atoms with E-state index in [-0.39, 0.29) is 0 Å². The number of fused-ring (bicyclic) bond motifs is 1. The molecule has 2 heterocycles. The largest absolute Gasteiger partial charge is 0.358 e. The fourth-order valence-corrected chi connectivity index (χ4v) is 3.84. The molecule has 29 heavy (non-hydrogen) atoms. The molecule has 1 aromatic carbocycles. The van der Waals surface area contributed by atoms with Crippen molar-refractivity contribution >= 4 is 40.8 Å². The van der Waals surface area contributed by atoms with Crippen LogP contribution in [0.5, 0.6) is 0 Å². The molecule has 2 nitrogen and oxygen atoms in total. The number of benzene rings is 1. The van der Waals surface area contributed by atoms with Gasteiger partial charge in [0.1, 0.15) is 0 Å². The first kappa shape index (κ1) is 20.2. The number of aryl methyl sites for hydroxylation is 1. The Bertz CT molecular complexity index is 1270. The van der Waals surface area contributed by atoms with Crippen LogP contribution in [0, 0.1) is 6.92 Å². The molecule has 2 aromatic heterocycles. The molecular formula is C27H28N2. The number of aromatic amines is 2. The van der Waals surface area contributed by atoms with E-state index >= 15 is 0 Å². The Labute approximate surface area is 172 Å². The molecule has 3 rings (SSSR count). The number of para-hydroxylation sites is 1. The van der Waals surface area contributed by atoms with Crippen LogP contribution in [0.4, 0.5) is 0 Å². The van der Waals surface area contributed by atoms with Gasteiger partial charge >= 0.3 is 0 Å². The van der Waals surface area contributed by atoms with Crippen LogP contribution in [0.1, 0.15) is 36.4 Å². The van der Waals surface area contributed by atoms with Crippen molar-refractivity contribution in [3.63, 3.8) is 0 Å². The van der Waals surface area contributed by atoms with E-state index in [1.165, 1.54) is 5.39 Å². The van der Waals surface area contributed by atoms with Crippen molar-refractivity contribution in [2.75, 3.05) is 0 Å². The molecule has 0 aliphatic heterocycles. The second-order valence-electron chi connectivity index (χ2n) is 6.85. The van der Waals surface area contributed by atoms with E-state index in [0.717, 1.165) is 49.7 Å². The van der Waals surface area contributed by atoms with Crippen LogP contribution in [-0.4, -0.2) is 9.97 Å². The van der Waals surface area contributed by atoms with Gasteiger partial charge in [-0.15, -0.1) is 0 Å². The SMILES string of the molecule is C=C/C=c1/c(/C=C(C=C)/C(=C/C)c2[nH]c3ccccc3c2C=C)c(C)[nH]/c1=C/C. The third kappa shape index (κ3) is 3.62. The van der Waals surface area contributed by atoms with E-state index in [4.69, 9.17) is 0 Å². The molecule has 0 aliphatic rings. The maximum Gasteiger partial charge on any atom is 0.0540 e. The number of aromatic nitrogens is 2. The first-order chi connectivity index (χ1) is 14.1. The Hall–Kier alpha value is -3.52. The van der Waals surface area contributed by atoms with E-state index < -0.39 is 0 Å². The van der Waals surface area contributed by atoms with Crippen LogP contribution in [-0.2, 0) is 0 Å². The van der Waals surface area contributed by atoms with Gasteiger partial charge in [0.05, 0.1) is 5.69 Å². The molecule has 0 unspecified atom stereocenters. The van der Waals surface area contributed by atoms with Crippen molar-refractivity contribution in [1.29, 1.82) is 0 Å². The highest BCUT2D eigenvalue weighted by atomic mass is 14.7. The summed E-state index contributed by atoms with van der Waals surface area (Å²) in [5.74, 6) is 0. The second kappa shape index (κ2) is 8.66. The molecule has 0 aliphatic carbocycles. The van der Waals surface area contributed by atoms with Gasteiger partial charge in [-0.05, 0) is 38.5 Å². The summed E-state index contributed by atoms with van der Waals surface area (Å²) in [5.41, 5.74) is 7.66. The minimum Gasteiger partial charge on any atom is -0.358 e. The van der Waals surface area contributed by atoms with Crippen LogP contribution < -0.4 is 10.6 Å². The Kier molecular flexibility index (Phi) is 6.04. The summed E-state index contributed by atoms with van der Waals surface area (Å²) in [7, 11) is 0. The van der Waals surface area contributed by atoms with Gasteiger partial charge in [0.25, 0.3) is 0 Å². The number of allylic oxidation sites excluding steroid dienone is 5. The van der Waals surface area contributed by atoms with Gasteiger partial charge in [-0.1, -0.05) is 74.4 Å². The summed E-state index contributed by atoms with van der Waals surface area (Å²) in [6, 6.07) is 8.30. The van der Waals surface area contributed by atoms with E-state index in [1.54, 1.807) is 0 Å². The number of hydrogen-bond acceptors (Lipinski definition) is 0. The maximum absolute atomic E-state index is 4.10. The van der Waals surface area contributed by atoms with Crippen LogP contribution in [0.3, 0.4) is 0 Å². The van der Waals surface area contributed by atoms with Crippen molar-refractivity contribution < 1.29 is 0 Å². The molecule has 0 saturated heterocycles. The van der Waals surface area contributed by atoms with E-state index in [1.807, 2.05) is 37.3 Å². The van der Waals surface area contributed by atoms with Gasteiger partial charge in [0.15, 0.2) is 0 Å². The van der Waals surface area contributed by atoms with Crippen LogP contribution >= 0.6 is 0 Å². The Balaban J connectivity index is 2.27. The van der Waals surface area contributed by atoms with Crippen molar-refractivity contribution in [2.45, 2.75) is 20.8 Å². The van der Waals surface area contributed by atoms with Crippen LogP contribution in [0.2, 0.25) is 0 Å². The van der Waals surface area contributed by atoms with Gasteiger partial charge in [0, 0.05) is 43.9 Å². The molecule has 0 spiro atoms. The third-order valence-electron chi connectivity index (χ3n) is 5.22. The molecule has 0 saturated carbocycles. The van der Waals surface area contributed by atoms with Gasteiger partial charge in [-0.25, -0.2) is 0 Å². The van der Waals surface area contributed by atoms with Gasteiger partial charge in [-0.3, -0.25) is 0 Å². The minimum atomic E-state index is 1.05. The highest BCUT2D eigenvalue weighted by Gasteiger charge is 2.15. The Morgan fingerprint density at radius 2 is 1.76 bits per heavy atom. The lowest BCUT2D eigenvalue weighted by Crippen LogP contribution is -2.23. The molecular weight excluding hydrogens is 352 g/mol. The monoisotopic (exact) mass is 380 g/mol. The third-order valence-corrected chi connectivity index (χ3v) is 5.22. The van der Waals surface area contributed by atoms with E-state index in [2.05, 4.69) is 80.0 Å². The summed E-state index contributed by atoms with van der Waals surface area (Å²) in [6.07, 6.45) is 14.1. The molecule has 0 atom stereocenters. The summed E-state index contributed by atoms with van der Waals surface area (Å²) in [5, 5.41) is 3.40. The molecule has 146 valence electrons. The predicted octanol–water partition coefficient (Wildman–Crippen LogP) is 5.89. The molecule has 0 bridgehead atoms. The molecule has 2 heteroatoms. The molecule has 0 amide bonds. The summed E-state index contributed by atoms with van der Waals surface area (Å²) in [4.78, 5) is 7.03. The topological polar surface area (TPSA) is 31.6 Å². The number of nitrogens with one attached hydrogen (secondary N) is 2. The Morgan fingerprint density at radius 3 is 2.38 bits per heavy atom. The lowest BCUT2D eigenvalue weighted by molar-refractivity contribution is 1.21. The van der Waals surface area contributed by atoms with Crippen LogP contribution in [0.25, 0.3) is 40.8 Å². The zero-order chi connectivity index (χ0) is 21.0. The lowest BCUT2D eigenvalue weighted by Gasteiger charge is -2.09.